The van der Waals surface area contributed by atoms with Crippen molar-refractivity contribution in [2.24, 2.45) is 0 Å². The number of hydrogen-bond donors (Lipinski definition) is 2. The van der Waals surface area contributed by atoms with E-state index in [0.717, 1.165) is 6.08 Å². The summed E-state index contributed by atoms with van der Waals surface area (Å²) in [5, 5.41) is 11.4. The van der Waals surface area contributed by atoms with Gasteiger partial charge in [0.05, 0.1) is 5.02 Å². The third-order valence-corrected chi connectivity index (χ3v) is 1.89. The van der Waals surface area contributed by atoms with Crippen LogP contribution in [0.2, 0.25) is 5.02 Å². The van der Waals surface area contributed by atoms with Gasteiger partial charge in [0.25, 0.3) is 0 Å². The number of carboxylic acids is 1. The molecule has 6 heteroatoms. The van der Waals surface area contributed by atoms with Crippen LogP contribution in [0.1, 0.15) is 6.92 Å². The number of carboxylic acid groups (broad SMARTS) is 1. The molecule has 2 N–H and O–H groups in total. The van der Waals surface area contributed by atoms with Crippen LogP contribution < -0.4 is 5.32 Å². The molecule has 16 heavy (non-hydrogen) atoms. The Labute approximate surface area is 96.8 Å². The molecule has 1 aromatic rings. The van der Waals surface area contributed by atoms with E-state index < -0.39 is 11.9 Å². The lowest BCUT2D eigenvalue weighted by Gasteiger charge is -2.00. The van der Waals surface area contributed by atoms with E-state index in [0.29, 0.717) is 10.8 Å². The molecule has 84 valence electrons. The SMILES string of the molecule is C/C(=C\C(=O)Nc1ccc(Cl)cn1)C(=O)O. The first kappa shape index (κ1) is 12.2. The highest BCUT2D eigenvalue weighted by atomic mass is 35.5. The molecule has 0 saturated heterocycles. The van der Waals surface area contributed by atoms with Crippen molar-refractivity contribution in [1.29, 1.82) is 0 Å². The van der Waals surface area contributed by atoms with Gasteiger partial charge < -0.3 is 10.4 Å². The fraction of sp³-hybridized carbons (Fsp3) is 0.100. The molecule has 0 saturated carbocycles. The summed E-state index contributed by atoms with van der Waals surface area (Å²) < 4.78 is 0. The number of halogens is 1. The number of aliphatic carboxylic acids is 1. The number of carbonyl (C=O) groups is 2. The second-order valence-electron chi connectivity index (χ2n) is 2.98. The highest BCUT2D eigenvalue weighted by molar-refractivity contribution is 6.30. The number of hydrogen-bond acceptors (Lipinski definition) is 3. The van der Waals surface area contributed by atoms with Crippen LogP contribution in [-0.4, -0.2) is 22.0 Å². The lowest BCUT2D eigenvalue weighted by molar-refractivity contribution is -0.132. The Morgan fingerprint density at radius 1 is 1.50 bits per heavy atom. The zero-order chi connectivity index (χ0) is 12.1. The number of nitrogens with one attached hydrogen (secondary N) is 1. The average Bonchev–Trinajstić information content (AvgIpc) is 2.21. The van der Waals surface area contributed by atoms with E-state index in [1.807, 2.05) is 0 Å². The first-order valence-electron chi connectivity index (χ1n) is 4.33. The van der Waals surface area contributed by atoms with Gasteiger partial charge in [-0.15, -0.1) is 0 Å². The molecule has 0 unspecified atom stereocenters. The smallest absolute Gasteiger partial charge is 0.331 e. The second-order valence-corrected chi connectivity index (χ2v) is 3.42. The van der Waals surface area contributed by atoms with Crippen molar-refractivity contribution >= 4 is 29.3 Å². The Bertz CT molecular complexity index is 440. The Hall–Kier alpha value is -1.88. The lowest BCUT2D eigenvalue weighted by Crippen LogP contribution is -2.11. The number of aromatic nitrogens is 1. The van der Waals surface area contributed by atoms with Crippen molar-refractivity contribution in [2.45, 2.75) is 6.92 Å². The molecule has 1 amide bonds. The molecule has 0 atom stereocenters. The van der Waals surface area contributed by atoms with Gasteiger partial charge in [-0.25, -0.2) is 9.78 Å². The fourth-order valence-electron chi connectivity index (χ4n) is 0.870. The molecule has 0 fully saturated rings. The molecular formula is C10H9ClN2O3. The summed E-state index contributed by atoms with van der Waals surface area (Å²) in [7, 11) is 0. The first-order chi connectivity index (χ1) is 7.49. The molecule has 0 aromatic carbocycles. The van der Waals surface area contributed by atoms with Crippen LogP contribution in [0.15, 0.2) is 30.0 Å². The number of amides is 1. The van der Waals surface area contributed by atoms with Crippen molar-refractivity contribution in [3.05, 3.63) is 35.0 Å². The molecule has 0 aliphatic heterocycles. The molecule has 0 aliphatic rings. The summed E-state index contributed by atoms with van der Waals surface area (Å²) in [6, 6.07) is 3.09. The number of nitrogens with zero attached hydrogens (tertiary/aromatic N) is 1. The summed E-state index contributed by atoms with van der Waals surface area (Å²) in [5.74, 6) is -1.38. The molecule has 0 aliphatic carbocycles. The van der Waals surface area contributed by atoms with Gasteiger partial charge in [-0.05, 0) is 19.1 Å². The molecule has 1 aromatic heterocycles. The predicted octanol–water partition coefficient (Wildman–Crippen LogP) is 1.70. The van der Waals surface area contributed by atoms with E-state index in [2.05, 4.69) is 10.3 Å². The molecule has 1 heterocycles. The molecule has 0 spiro atoms. The summed E-state index contributed by atoms with van der Waals surface area (Å²) in [6.45, 7) is 1.33. The highest BCUT2D eigenvalue weighted by Gasteiger charge is 2.04. The van der Waals surface area contributed by atoms with Crippen LogP contribution in [-0.2, 0) is 9.59 Å². The predicted molar refractivity (Wildman–Crippen MR) is 59.3 cm³/mol. The van der Waals surface area contributed by atoms with Gasteiger partial charge in [0.2, 0.25) is 5.91 Å². The fourth-order valence-corrected chi connectivity index (χ4v) is 0.982. The second kappa shape index (κ2) is 5.27. The van der Waals surface area contributed by atoms with Crippen LogP contribution >= 0.6 is 11.6 Å². The maximum atomic E-state index is 11.3. The third-order valence-electron chi connectivity index (χ3n) is 1.66. The topological polar surface area (TPSA) is 79.3 Å². The Kier molecular flexibility index (Phi) is 4.02. The molecule has 0 bridgehead atoms. The van der Waals surface area contributed by atoms with E-state index in [9.17, 15) is 9.59 Å². The van der Waals surface area contributed by atoms with Gasteiger partial charge in [-0.1, -0.05) is 11.6 Å². The minimum absolute atomic E-state index is 0.0496. The van der Waals surface area contributed by atoms with Crippen molar-refractivity contribution in [3.8, 4) is 0 Å². The van der Waals surface area contributed by atoms with Crippen LogP contribution in [0.5, 0.6) is 0 Å². The Morgan fingerprint density at radius 3 is 2.69 bits per heavy atom. The number of carbonyl (C=O) groups excluding carboxylic acids is 1. The van der Waals surface area contributed by atoms with Gasteiger partial charge >= 0.3 is 5.97 Å². The van der Waals surface area contributed by atoms with Crippen molar-refractivity contribution in [1.82, 2.24) is 4.98 Å². The van der Waals surface area contributed by atoms with Gasteiger partial charge in [-0.3, -0.25) is 4.79 Å². The maximum absolute atomic E-state index is 11.3. The molecule has 1 rings (SSSR count). The average molecular weight is 241 g/mol. The van der Waals surface area contributed by atoms with Crippen LogP contribution in [0, 0.1) is 0 Å². The molecular weight excluding hydrogens is 232 g/mol. The minimum atomic E-state index is -1.14. The van der Waals surface area contributed by atoms with Crippen molar-refractivity contribution in [3.63, 3.8) is 0 Å². The lowest BCUT2D eigenvalue weighted by atomic mass is 10.3. The summed E-state index contributed by atoms with van der Waals surface area (Å²) >= 11 is 5.61. The van der Waals surface area contributed by atoms with Gasteiger partial charge in [0.15, 0.2) is 0 Å². The van der Waals surface area contributed by atoms with Gasteiger partial charge in [0, 0.05) is 17.8 Å². The van der Waals surface area contributed by atoms with E-state index in [-0.39, 0.29) is 5.57 Å². The first-order valence-corrected chi connectivity index (χ1v) is 4.71. The Balaban J connectivity index is 2.68. The summed E-state index contributed by atoms with van der Waals surface area (Å²) in [4.78, 5) is 25.6. The highest BCUT2D eigenvalue weighted by Crippen LogP contribution is 2.09. The van der Waals surface area contributed by atoms with Crippen LogP contribution in [0.3, 0.4) is 0 Å². The van der Waals surface area contributed by atoms with E-state index in [4.69, 9.17) is 16.7 Å². The number of pyridine rings is 1. The maximum Gasteiger partial charge on any atom is 0.331 e. The van der Waals surface area contributed by atoms with Gasteiger partial charge in [0.1, 0.15) is 5.82 Å². The van der Waals surface area contributed by atoms with Crippen molar-refractivity contribution in [2.75, 3.05) is 5.32 Å². The molecule has 0 radical (unpaired) electrons. The summed E-state index contributed by atoms with van der Waals surface area (Å²) in [5.41, 5.74) is -0.0496. The normalized spacial score (nSPS) is 11.0. The zero-order valence-electron chi connectivity index (χ0n) is 8.40. The van der Waals surface area contributed by atoms with E-state index in [1.54, 1.807) is 6.07 Å². The van der Waals surface area contributed by atoms with E-state index in [1.165, 1.54) is 19.2 Å². The minimum Gasteiger partial charge on any atom is -0.478 e. The van der Waals surface area contributed by atoms with Gasteiger partial charge in [-0.2, -0.15) is 0 Å². The standard InChI is InChI=1S/C10H9ClN2O3/c1-6(10(15)16)4-9(14)13-8-3-2-7(11)5-12-8/h2-5H,1H3,(H,15,16)(H,12,13,14)/b6-4+. The van der Waals surface area contributed by atoms with Crippen LogP contribution in [0.25, 0.3) is 0 Å². The molecule has 5 nitrogen and oxygen atoms in total. The zero-order valence-corrected chi connectivity index (χ0v) is 9.15. The summed E-state index contributed by atoms with van der Waals surface area (Å²) in [6.07, 6.45) is 2.36. The largest absolute Gasteiger partial charge is 0.478 e. The number of rotatable bonds is 3. The van der Waals surface area contributed by atoms with Crippen molar-refractivity contribution < 1.29 is 14.7 Å². The van der Waals surface area contributed by atoms with Crippen LogP contribution in [0.4, 0.5) is 5.82 Å². The monoisotopic (exact) mass is 240 g/mol. The number of anilines is 1. The third kappa shape index (κ3) is 3.70. The Morgan fingerprint density at radius 2 is 2.19 bits per heavy atom. The quantitative estimate of drug-likeness (QED) is 0.789. The van der Waals surface area contributed by atoms with E-state index >= 15 is 0 Å².